The van der Waals surface area contributed by atoms with E-state index in [1.165, 1.54) is 48.5 Å². The summed E-state index contributed by atoms with van der Waals surface area (Å²) in [5.41, 5.74) is 1.85. The lowest BCUT2D eigenvalue weighted by atomic mass is 10.1. The van der Waals surface area contributed by atoms with Gasteiger partial charge in [0, 0.05) is 24.3 Å². The minimum Gasteiger partial charge on any atom is -0.370 e. The van der Waals surface area contributed by atoms with Crippen LogP contribution < -0.4 is 0 Å². The summed E-state index contributed by atoms with van der Waals surface area (Å²) in [6.07, 6.45) is 0. The topological polar surface area (TPSA) is 123 Å². The number of nitro benzene ring substituents is 2. The molecule has 0 atom stereocenters. The van der Waals surface area contributed by atoms with Gasteiger partial charge in [-0.25, -0.2) is 17.6 Å². The van der Waals surface area contributed by atoms with Crippen molar-refractivity contribution in [1.29, 1.82) is 0 Å². The summed E-state index contributed by atoms with van der Waals surface area (Å²) >= 11 is 0. The molecule has 0 heterocycles. The molecular weight excluding hydrogens is 568 g/mol. The summed E-state index contributed by atoms with van der Waals surface area (Å²) in [4.78, 5) is 20.2. The van der Waals surface area contributed by atoms with E-state index in [-0.39, 0.29) is 37.8 Å². The normalized spacial score (nSPS) is 11.9. The van der Waals surface area contributed by atoms with Crippen LogP contribution in [-0.4, -0.2) is 48.1 Å². The first kappa shape index (κ1) is 32.5. The smallest absolute Gasteiger partial charge is 0.293 e. The number of hydrogen-bond donors (Lipinski definition) is 0. The number of non-ortho nitro benzene ring substituents is 2. The molecule has 42 heavy (non-hydrogen) atoms. The summed E-state index contributed by atoms with van der Waals surface area (Å²) in [6, 6.07) is 17.2. The number of benzene rings is 3. The molecule has 0 saturated carbocycles. The summed E-state index contributed by atoms with van der Waals surface area (Å²) < 4.78 is 76.8. The molecule has 0 saturated heterocycles. The Morgan fingerprint density at radius 1 is 0.524 bits per heavy atom. The first-order valence-electron chi connectivity index (χ1n) is 12.5. The van der Waals surface area contributed by atoms with E-state index in [0.29, 0.717) is 22.3 Å². The Balaban J connectivity index is 1.33. The highest BCUT2D eigenvalue weighted by atomic mass is 19.3. The van der Waals surface area contributed by atoms with Gasteiger partial charge in [0.05, 0.1) is 36.3 Å². The lowest BCUT2D eigenvalue weighted by Crippen LogP contribution is -2.30. The molecule has 0 fully saturated rings. The molecule has 3 rings (SSSR count). The minimum atomic E-state index is -3.28. The Hall–Kier alpha value is -3.98. The highest BCUT2D eigenvalue weighted by Crippen LogP contribution is 2.20. The van der Waals surface area contributed by atoms with Gasteiger partial charge in [-0.15, -0.1) is 0 Å². The van der Waals surface area contributed by atoms with Crippen LogP contribution in [-0.2, 0) is 45.4 Å². The van der Waals surface area contributed by atoms with Crippen molar-refractivity contribution in [3.63, 3.8) is 0 Å². The predicted molar refractivity (Wildman–Crippen MR) is 141 cm³/mol. The van der Waals surface area contributed by atoms with E-state index in [9.17, 15) is 37.8 Å². The fraction of sp³-hybridized carbons (Fsp3) is 0.357. The number of hydrogen-bond acceptors (Lipinski definition) is 8. The van der Waals surface area contributed by atoms with Crippen molar-refractivity contribution in [2.75, 3.05) is 26.4 Å². The molecule has 0 radical (unpaired) electrons. The zero-order valence-electron chi connectivity index (χ0n) is 22.3. The summed E-state index contributed by atoms with van der Waals surface area (Å²) in [5.74, 6) is -6.57. The fourth-order valence-electron chi connectivity index (χ4n) is 3.59. The molecule has 14 heteroatoms. The lowest BCUT2D eigenvalue weighted by Gasteiger charge is -2.17. The van der Waals surface area contributed by atoms with Crippen LogP contribution in [0.4, 0.5) is 28.9 Å². The largest absolute Gasteiger partial charge is 0.370 e. The highest BCUT2D eigenvalue weighted by Gasteiger charge is 2.31. The number of rotatable bonds is 18. The average Bonchev–Trinajstić information content (AvgIpc) is 2.93. The van der Waals surface area contributed by atoms with E-state index in [2.05, 4.69) is 0 Å². The molecule has 0 amide bonds. The molecule has 10 nitrogen and oxygen atoms in total. The lowest BCUT2D eigenvalue weighted by molar-refractivity contribution is -0.385. The monoisotopic (exact) mass is 596 g/mol. The number of ether oxygens (including phenoxy) is 4. The van der Waals surface area contributed by atoms with Gasteiger partial charge < -0.3 is 18.9 Å². The Labute approximate surface area is 238 Å². The predicted octanol–water partition coefficient (Wildman–Crippen LogP) is 6.24. The number of alkyl halides is 4. The van der Waals surface area contributed by atoms with E-state index in [1.807, 2.05) is 0 Å². The van der Waals surface area contributed by atoms with Crippen molar-refractivity contribution < 1.29 is 46.4 Å². The first-order chi connectivity index (χ1) is 19.9. The maximum Gasteiger partial charge on any atom is 0.293 e. The third-order valence-electron chi connectivity index (χ3n) is 5.61. The van der Waals surface area contributed by atoms with Crippen LogP contribution in [0.1, 0.15) is 22.3 Å². The van der Waals surface area contributed by atoms with Gasteiger partial charge in [0.1, 0.15) is 26.4 Å². The quantitative estimate of drug-likeness (QED) is 0.0961. The molecule has 0 aliphatic rings. The summed E-state index contributed by atoms with van der Waals surface area (Å²) in [7, 11) is 0. The second-order valence-corrected chi connectivity index (χ2v) is 9.35. The molecule has 0 aromatic heterocycles. The van der Waals surface area contributed by atoms with Crippen LogP contribution >= 0.6 is 0 Å². The van der Waals surface area contributed by atoms with E-state index in [4.69, 9.17) is 18.9 Å². The molecule has 226 valence electrons. The van der Waals surface area contributed by atoms with Gasteiger partial charge in [-0.1, -0.05) is 24.3 Å². The van der Waals surface area contributed by atoms with Crippen molar-refractivity contribution in [3.05, 3.63) is 115 Å². The van der Waals surface area contributed by atoms with Crippen molar-refractivity contribution in [2.24, 2.45) is 0 Å². The van der Waals surface area contributed by atoms with Gasteiger partial charge in [-0.3, -0.25) is 20.2 Å². The zero-order chi connectivity index (χ0) is 30.6. The van der Waals surface area contributed by atoms with Crippen molar-refractivity contribution in [2.45, 2.75) is 38.3 Å². The third-order valence-corrected chi connectivity index (χ3v) is 5.61. The van der Waals surface area contributed by atoms with E-state index in [0.717, 1.165) is 0 Å². The maximum atomic E-state index is 14.1. The maximum absolute atomic E-state index is 14.1. The van der Waals surface area contributed by atoms with Gasteiger partial charge >= 0.3 is 0 Å². The Morgan fingerprint density at radius 2 is 0.833 bits per heavy atom. The van der Waals surface area contributed by atoms with Crippen LogP contribution in [0.3, 0.4) is 0 Å². The van der Waals surface area contributed by atoms with Gasteiger partial charge in [0.2, 0.25) is 0 Å². The Bertz CT molecular complexity index is 1210. The second kappa shape index (κ2) is 15.3. The summed E-state index contributed by atoms with van der Waals surface area (Å²) in [6.45, 7) is -4.27. The van der Waals surface area contributed by atoms with Crippen molar-refractivity contribution in [3.8, 4) is 0 Å². The molecule has 3 aromatic rings. The molecule has 0 spiro atoms. The van der Waals surface area contributed by atoms with Crippen LogP contribution in [0.25, 0.3) is 0 Å². The molecule has 0 unspecified atom stereocenters. The molecular formula is C28H28F4N2O8. The van der Waals surface area contributed by atoms with Gasteiger partial charge in [0.25, 0.3) is 23.2 Å². The summed E-state index contributed by atoms with van der Waals surface area (Å²) in [5, 5.41) is 21.3. The average molecular weight is 597 g/mol. The Morgan fingerprint density at radius 3 is 1.14 bits per heavy atom. The molecule has 0 aliphatic carbocycles. The van der Waals surface area contributed by atoms with Crippen LogP contribution in [0.15, 0.2) is 72.8 Å². The van der Waals surface area contributed by atoms with Gasteiger partial charge in [0.15, 0.2) is 0 Å². The highest BCUT2D eigenvalue weighted by molar-refractivity contribution is 5.33. The van der Waals surface area contributed by atoms with E-state index in [1.54, 1.807) is 24.3 Å². The van der Waals surface area contributed by atoms with Crippen LogP contribution in [0.2, 0.25) is 0 Å². The van der Waals surface area contributed by atoms with Crippen molar-refractivity contribution in [1.82, 2.24) is 0 Å². The van der Waals surface area contributed by atoms with E-state index >= 15 is 0 Å². The van der Waals surface area contributed by atoms with Gasteiger partial charge in [-0.05, 0) is 46.5 Å². The van der Waals surface area contributed by atoms with E-state index < -0.39 is 48.1 Å². The SMILES string of the molecule is O=[N+]([O-])c1ccc(COCC(F)(F)COCc2cccc(COCC(F)(F)COCc3ccc([N+](=O)[O-])cc3)c2)cc1. The molecule has 0 bridgehead atoms. The molecule has 0 aliphatic heterocycles. The van der Waals surface area contributed by atoms with Crippen LogP contribution in [0, 0.1) is 20.2 Å². The van der Waals surface area contributed by atoms with Crippen molar-refractivity contribution >= 4 is 11.4 Å². The number of halogens is 4. The number of nitrogens with zero attached hydrogens (tertiary/aromatic N) is 2. The minimum absolute atomic E-state index is 0.116. The molecule has 0 N–H and O–H groups in total. The third kappa shape index (κ3) is 11.5. The van der Waals surface area contributed by atoms with Crippen LogP contribution in [0.5, 0.6) is 0 Å². The number of nitro groups is 2. The Kier molecular flexibility index (Phi) is 11.9. The second-order valence-electron chi connectivity index (χ2n) is 9.35. The molecule has 3 aromatic carbocycles. The van der Waals surface area contributed by atoms with Gasteiger partial charge in [-0.2, -0.15) is 0 Å². The zero-order valence-corrected chi connectivity index (χ0v) is 22.3. The standard InChI is InChI=1S/C28H28F4N2O8/c29-27(30,17-39-13-21-4-8-25(9-5-21)33(35)36)19-41-15-23-2-1-3-24(12-23)16-42-20-28(31,32)18-40-14-22-6-10-26(11-7-22)34(37)38/h1-12H,13-20H2. The first-order valence-corrected chi connectivity index (χ1v) is 12.5. The fourth-order valence-corrected chi connectivity index (χ4v) is 3.59.